The molecule has 2 fully saturated rings. The second kappa shape index (κ2) is 7.30. The third kappa shape index (κ3) is 3.51. The van der Waals surface area contributed by atoms with Gasteiger partial charge in [-0.2, -0.15) is 0 Å². The first-order valence-electron chi connectivity index (χ1n) is 9.52. The molecule has 0 bridgehead atoms. The minimum atomic E-state index is -0.229. The molecule has 27 heavy (non-hydrogen) atoms. The Hall–Kier alpha value is -1.82. The van der Waals surface area contributed by atoms with Gasteiger partial charge in [0, 0.05) is 25.2 Å². The van der Waals surface area contributed by atoms with E-state index in [9.17, 15) is 4.79 Å². The molecule has 1 aromatic carbocycles. The molecule has 5 nitrogen and oxygen atoms in total. The maximum atomic E-state index is 13.1. The molecule has 1 aromatic heterocycles. The first-order chi connectivity index (χ1) is 13.0. The third-order valence-corrected chi connectivity index (χ3v) is 6.00. The molecule has 2 aliphatic heterocycles. The van der Waals surface area contributed by atoms with Gasteiger partial charge in [0.2, 0.25) is 0 Å². The zero-order valence-electron chi connectivity index (χ0n) is 15.8. The second-order valence-electron chi connectivity index (χ2n) is 7.44. The van der Waals surface area contributed by atoms with E-state index in [0.717, 1.165) is 38.2 Å². The number of amides is 1. The Bertz CT molecular complexity index is 850. The Morgan fingerprint density at radius 1 is 1.26 bits per heavy atom. The highest BCUT2D eigenvalue weighted by atomic mass is 35.5. The number of likely N-dealkylation sites (tertiary alicyclic amines) is 1. The Morgan fingerprint density at radius 2 is 2.07 bits per heavy atom. The maximum Gasteiger partial charge on any atom is 0.257 e. The normalized spacial score (nSPS) is 23.3. The molecule has 0 radical (unpaired) electrons. The number of furan rings is 1. The van der Waals surface area contributed by atoms with Crippen molar-refractivity contribution in [2.45, 2.75) is 25.9 Å². The highest BCUT2D eigenvalue weighted by molar-refractivity contribution is 6.33. The highest BCUT2D eigenvalue weighted by Crippen LogP contribution is 2.34. The van der Waals surface area contributed by atoms with E-state index in [1.54, 1.807) is 0 Å². The number of benzene rings is 1. The van der Waals surface area contributed by atoms with Gasteiger partial charge in [-0.05, 0) is 38.1 Å². The number of rotatable bonds is 3. The fourth-order valence-electron chi connectivity index (χ4n) is 4.12. The second-order valence-corrected chi connectivity index (χ2v) is 7.84. The molecule has 1 unspecified atom stereocenters. The summed E-state index contributed by atoms with van der Waals surface area (Å²) in [6.07, 6.45) is 0.878. The molecule has 2 saturated heterocycles. The number of hydrogen-bond donors (Lipinski definition) is 0. The highest BCUT2D eigenvalue weighted by Gasteiger charge is 2.44. The quantitative estimate of drug-likeness (QED) is 0.801. The largest absolute Gasteiger partial charge is 0.460 e. The molecular weight excluding hydrogens is 364 g/mol. The molecule has 0 saturated carbocycles. The van der Waals surface area contributed by atoms with Crippen molar-refractivity contribution in [3.63, 3.8) is 0 Å². The molecule has 1 amide bonds. The van der Waals surface area contributed by atoms with E-state index in [2.05, 4.69) is 11.8 Å². The molecule has 1 spiro atoms. The summed E-state index contributed by atoms with van der Waals surface area (Å²) in [6.45, 7) is 8.95. The molecule has 4 rings (SSSR count). The van der Waals surface area contributed by atoms with Crippen LogP contribution in [0.2, 0.25) is 5.02 Å². The number of aryl methyl sites for hydroxylation is 1. The average Bonchev–Trinajstić information content (AvgIpc) is 3.25. The minimum absolute atomic E-state index is 0.00338. The van der Waals surface area contributed by atoms with Crippen LogP contribution >= 0.6 is 11.6 Å². The van der Waals surface area contributed by atoms with Gasteiger partial charge >= 0.3 is 0 Å². The Kier molecular flexibility index (Phi) is 5.01. The number of morpholine rings is 1. The monoisotopic (exact) mass is 388 g/mol. The van der Waals surface area contributed by atoms with Crippen LogP contribution in [-0.2, 0) is 4.74 Å². The molecule has 1 atom stereocenters. The van der Waals surface area contributed by atoms with Crippen LogP contribution in [0.4, 0.5) is 0 Å². The van der Waals surface area contributed by atoms with Crippen molar-refractivity contribution >= 4 is 17.5 Å². The van der Waals surface area contributed by atoms with Gasteiger partial charge in [-0.25, -0.2) is 0 Å². The van der Waals surface area contributed by atoms with Crippen LogP contribution in [0.25, 0.3) is 11.3 Å². The van der Waals surface area contributed by atoms with Crippen molar-refractivity contribution in [3.05, 3.63) is 46.7 Å². The molecule has 2 aromatic rings. The van der Waals surface area contributed by atoms with Crippen LogP contribution in [0.15, 0.2) is 34.7 Å². The summed E-state index contributed by atoms with van der Waals surface area (Å²) in [7, 11) is 0. The molecule has 144 valence electrons. The lowest BCUT2D eigenvalue weighted by Gasteiger charge is -2.39. The summed E-state index contributed by atoms with van der Waals surface area (Å²) in [6, 6.07) is 9.31. The van der Waals surface area contributed by atoms with Crippen LogP contribution < -0.4 is 0 Å². The van der Waals surface area contributed by atoms with Gasteiger partial charge in [0.1, 0.15) is 17.1 Å². The number of carbonyl (C=O) groups is 1. The van der Waals surface area contributed by atoms with Gasteiger partial charge in [-0.1, -0.05) is 30.7 Å². The molecule has 6 heteroatoms. The van der Waals surface area contributed by atoms with E-state index in [1.807, 2.05) is 42.2 Å². The zero-order valence-corrected chi connectivity index (χ0v) is 16.6. The summed E-state index contributed by atoms with van der Waals surface area (Å²) in [5.41, 5.74) is 1.17. The minimum Gasteiger partial charge on any atom is -0.460 e. The number of ether oxygens (including phenoxy) is 1. The van der Waals surface area contributed by atoms with Crippen molar-refractivity contribution in [1.82, 2.24) is 9.80 Å². The van der Waals surface area contributed by atoms with Crippen molar-refractivity contribution in [1.29, 1.82) is 0 Å². The summed E-state index contributed by atoms with van der Waals surface area (Å²) in [5, 5.41) is 0.612. The lowest BCUT2D eigenvalue weighted by molar-refractivity contribution is -0.0987. The first kappa shape index (κ1) is 18.5. The van der Waals surface area contributed by atoms with Gasteiger partial charge in [0.25, 0.3) is 5.91 Å². The Labute approximate surface area is 164 Å². The van der Waals surface area contributed by atoms with E-state index < -0.39 is 0 Å². The van der Waals surface area contributed by atoms with Gasteiger partial charge in [0.05, 0.1) is 23.7 Å². The number of halogens is 1. The third-order valence-electron chi connectivity index (χ3n) is 5.67. The van der Waals surface area contributed by atoms with Crippen molar-refractivity contribution in [3.8, 4) is 11.3 Å². The summed E-state index contributed by atoms with van der Waals surface area (Å²) < 4.78 is 12.0. The summed E-state index contributed by atoms with van der Waals surface area (Å²) in [5.74, 6) is 1.25. The van der Waals surface area contributed by atoms with Crippen LogP contribution in [0.3, 0.4) is 0 Å². The van der Waals surface area contributed by atoms with Gasteiger partial charge in [0.15, 0.2) is 0 Å². The van der Waals surface area contributed by atoms with Crippen LogP contribution in [-0.4, -0.2) is 60.6 Å². The molecule has 2 aliphatic rings. The lowest BCUT2D eigenvalue weighted by atomic mass is 10.0. The Balaban J connectivity index is 1.53. The van der Waals surface area contributed by atoms with Gasteiger partial charge < -0.3 is 14.1 Å². The molecule has 3 heterocycles. The number of likely N-dealkylation sites (N-methyl/N-ethyl adjacent to an activating group) is 1. The van der Waals surface area contributed by atoms with Crippen LogP contribution in [0, 0.1) is 6.92 Å². The standard InChI is InChI=1S/C21H25ClN2O3/c1-3-23-10-11-26-21(13-23)8-9-24(14-21)20(25)17-12-19(27-15(17)2)16-6-4-5-7-18(16)22/h4-7,12H,3,8-11,13-14H2,1-2H3. The average molecular weight is 389 g/mol. The van der Waals surface area contributed by atoms with E-state index >= 15 is 0 Å². The molecule has 0 N–H and O–H groups in total. The predicted octanol–water partition coefficient (Wildman–Crippen LogP) is 3.85. The SMILES string of the molecule is CCN1CCOC2(CCN(C(=O)c3cc(-c4ccccc4Cl)oc3C)C2)C1. The van der Waals surface area contributed by atoms with Crippen LogP contribution in [0.5, 0.6) is 0 Å². The smallest absolute Gasteiger partial charge is 0.257 e. The molecule has 0 aliphatic carbocycles. The maximum absolute atomic E-state index is 13.1. The Morgan fingerprint density at radius 3 is 2.85 bits per heavy atom. The van der Waals surface area contributed by atoms with E-state index in [-0.39, 0.29) is 11.5 Å². The zero-order chi connectivity index (χ0) is 19.0. The van der Waals surface area contributed by atoms with E-state index in [1.165, 1.54) is 0 Å². The summed E-state index contributed by atoms with van der Waals surface area (Å²) in [4.78, 5) is 17.4. The predicted molar refractivity (Wildman–Crippen MR) is 105 cm³/mol. The first-order valence-corrected chi connectivity index (χ1v) is 9.90. The van der Waals surface area contributed by atoms with Crippen molar-refractivity contribution < 1.29 is 13.9 Å². The topological polar surface area (TPSA) is 45.9 Å². The number of nitrogens with zero attached hydrogens (tertiary/aromatic N) is 2. The molecular formula is C21H25ClN2O3. The van der Waals surface area contributed by atoms with Crippen molar-refractivity contribution in [2.24, 2.45) is 0 Å². The van der Waals surface area contributed by atoms with Gasteiger partial charge in [-0.15, -0.1) is 0 Å². The lowest BCUT2D eigenvalue weighted by Crippen LogP contribution is -2.53. The van der Waals surface area contributed by atoms with E-state index in [0.29, 0.717) is 35.2 Å². The van der Waals surface area contributed by atoms with Crippen molar-refractivity contribution in [2.75, 3.05) is 39.3 Å². The summed E-state index contributed by atoms with van der Waals surface area (Å²) >= 11 is 6.28. The number of hydrogen-bond acceptors (Lipinski definition) is 4. The fraction of sp³-hybridized carbons (Fsp3) is 0.476. The fourth-order valence-corrected chi connectivity index (χ4v) is 4.35. The van der Waals surface area contributed by atoms with E-state index in [4.69, 9.17) is 20.8 Å². The number of carbonyl (C=O) groups excluding carboxylic acids is 1. The van der Waals surface area contributed by atoms with Gasteiger partial charge in [-0.3, -0.25) is 9.69 Å². The van der Waals surface area contributed by atoms with Crippen LogP contribution in [0.1, 0.15) is 29.5 Å².